The summed E-state index contributed by atoms with van der Waals surface area (Å²) in [5.74, 6) is -0.477. The van der Waals surface area contributed by atoms with E-state index in [2.05, 4.69) is 19.2 Å². The van der Waals surface area contributed by atoms with E-state index in [0.29, 0.717) is 11.6 Å². The van der Waals surface area contributed by atoms with E-state index in [4.69, 9.17) is 0 Å². The molecule has 8 heteroatoms. The third kappa shape index (κ3) is 6.56. The van der Waals surface area contributed by atoms with Crippen LogP contribution >= 0.6 is 0 Å². The number of rotatable bonds is 9. The monoisotopic (exact) mass is 459 g/mol. The molecule has 0 heterocycles. The first-order chi connectivity index (χ1) is 14.9. The van der Waals surface area contributed by atoms with Gasteiger partial charge in [-0.3, -0.25) is 13.9 Å². The first kappa shape index (κ1) is 25.4. The fourth-order valence-corrected chi connectivity index (χ4v) is 4.29. The standard InChI is InChI=1S/C24H33N3O4S/c1-17(2)21-10-12-22(13-11-21)27(32(6,30)31)16-23(28)26(19(4)24(29)25-5)15-20-9-7-8-18(3)14-20/h7-14,17,19H,15-16H2,1-6H3,(H,25,29)/t19-/m1/s1. The van der Waals surface area contributed by atoms with E-state index in [1.165, 1.54) is 11.9 Å². The molecule has 0 aliphatic heterocycles. The van der Waals surface area contributed by atoms with Gasteiger partial charge in [0.15, 0.2) is 0 Å². The van der Waals surface area contributed by atoms with Crippen LogP contribution in [0.4, 0.5) is 5.69 Å². The Balaban J connectivity index is 2.37. The summed E-state index contributed by atoms with van der Waals surface area (Å²) in [6, 6.07) is 14.0. The van der Waals surface area contributed by atoms with Gasteiger partial charge >= 0.3 is 0 Å². The van der Waals surface area contributed by atoms with Crippen LogP contribution in [0.3, 0.4) is 0 Å². The maximum atomic E-state index is 13.3. The normalized spacial score (nSPS) is 12.3. The average Bonchev–Trinajstić information content (AvgIpc) is 2.74. The maximum absolute atomic E-state index is 13.3. The molecule has 0 spiro atoms. The SMILES string of the molecule is CNC(=O)[C@@H](C)N(Cc1cccc(C)c1)C(=O)CN(c1ccc(C(C)C)cc1)S(C)(=O)=O. The van der Waals surface area contributed by atoms with Gasteiger partial charge in [0.25, 0.3) is 0 Å². The van der Waals surface area contributed by atoms with Crippen LogP contribution in [-0.2, 0) is 26.2 Å². The van der Waals surface area contributed by atoms with Gasteiger partial charge in [-0.05, 0) is 43.0 Å². The van der Waals surface area contributed by atoms with Gasteiger partial charge in [0, 0.05) is 13.6 Å². The number of amides is 2. The fourth-order valence-electron chi connectivity index (χ4n) is 3.44. The predicted octanol–water partition coefficient (Wildman–Crippen LogP) is 3.05. The highest BCUT2D eigenvalue weighted by molar-refractivity contribution is 7.92. The van der Waals surface area contributed by atoms with Gasteiger partial charge < -0.3 is 10.2 Å². The van der Waals surface area contributed by atoms with Crippen molar-refractivity contribution < 1.29 is 18.0 Å². The highest BCUT2D eigenvalue weighted by atomic mass is 32.2. The summed E-state index contributed by atoms with van der Waals surface area (Å²) in [5.41, 5.74) is 3.38. The number of sulfonamides is 1. The molecule has 32 heavy (non-hydrogen) atoms. The lowest BCUT2D eigenvalue weighted by atomic mass is 10.0. The Labute approximate surface area is 191 Å². The summed E-state index contributed by atoms with van der Waals surface area (Å²) >= 11 is 0. The molecule has 0 radical (unpaired) electrons. The van der Waals surface area contributed by atoms with Crippen LogP contribution in [0.1, 0.15) is 43.4 Å². The zero-order valence-electron chi connectivity index (χ0n) is 19.6. The molecule has 2 amide bonds. The second-order valence-corrected chi connectivity index (χ2v) is 10.2. The molecule has 0 unspecified atom stereocenters. The van der Waals surface area contributed by atoms with Crippen molar-refractivity contribution in [1.82, 2.24) is 10.2 Å². The van der Waals surface area contributed by atoms with Gasteiger partial charge in [-0.1, -0.05) is 55.8 Å². The molecule has 174 valence electrons. The van der Waals surface area contributed by atoms with Crippen molar-refractivity contribution in [1.29, 1.82) is 0 Å². The number of likely N-dealkylation sites (N-methyl/N-ethyl adjacent to an activating group) is 1. The second-order valence-electron chi connectivity index (χ2n) is 8.32. The van der Waals surface area contributed by atoms with Crippen molar-refractivity contribution in [3.05, 3.63) is 65.2 Å². The Hall–Kier alpha value is -2.87. The third-order valence-electron chi connectivity index (χ3n) is 5.38. The molecule has 1 atom stereocenters. The maximum Gasteiger partial charge on any atom is 0.244 e. The van der Waals surface area contributed by atoms with Crippen LogP contribution < -0.4 is 9.62 Å². The third-order valence-corrected chi connectivity index (χ3v) is 6.52. The number of hydrogen-bond acceptors (Lipinski definition) is 4. The largest absolute Gasteiger partial charge is 0.357 e. The van der Waals surface area contributed by atoms with Gasteiger partial charge in [0.2, 0.25) is 21.8 Å². The van der Waals surface area contributed by atoms with Crippen molar-refractivity contribution in [2.45, 2.75) is 46.2 Å². The Morgan fingerprint density at radius 1 is 1.03 bits per heavy atom. The van der Waals surface area contributed by atoms with Gasteiger partial charge in [-0.2, -0.15) is 0 Å². The van der Waals surface area contributed by atoms with Gasteiger partial charge in [0.1, 0.15) is 12.6 Å². The van der Waals surface area contributed by atoms with Crippen molar-refractivity contribution in [2.75, 3.05) is 24.2 Å². The van der Waals surface area contributed by atoms with Crippen LogP contribution in [-0.4, -0.2) is 51.0 Å². The molecule has 2 aromatic rings. The minimum absolute atomic E-state index is 0.193. The lowest BCUT2D eigenvalue weighted by Crippen LogP contribution is -2.50. The Bertz CT molecular complexity index is 1050. The Kier molecular flexibility index (Phi) is 8.44. The summed E-state index contributed by atoms with van der Waals surface area (Å²) < 4.78 is 26.2. The molecule has 0 fully saturated rings. The zero-order valence-corrected chi connectivity index (χ0v) is 20.4. The average molecular weight is 460 g/mol. The Morgan fingerprint density at radius 2 is 1.66 bits per heavy atom. The molecule has 0 aliphatic rings. The molecule has 0 bridgehead atoms. The minimum atomic E-state index is -3.73. The molecule has 0 aromatic heterocycles. The zero-order chi connectivity index (χ0) is 24.1. The van der Waals surface area contributed by atoms with E-state index < -0.39 is 28.5 Å². The number of nitrogens with one attached hydrogen (secondary N) is 1. The number of aryl methyl sites for hydroxylation is 1. The molecule has 0 aliphatic carbocycles. The van der Waals surface area contributed by atoms with E-state index in [9.17, 15) is 18.0 Å². The number of carbonyl (C=O) groups excluding carboxylic acids is 2. The molecule has 0 saturated heterocycles. The van der Waals surface area contributed by atoms with Crippen molar-refractivity contribution >= 4 is 27.5 Å². The topological polar surface area (TPSA) is 86.8 Å². The summed E-state index contributed by atoms with van der Waals surface area (Å²) in [6.45, 7) is 7.48. The van der Waals surface area contributed by atoms with Crippen LogP contribution in [0.2, 0.25) is 0 Å². The Morgan fingerprint density at radius 3 is 2.16 bits per heavy atom. The van der Waals surface area contributed by atoms with Gasteiger partial charge in [0.05, 0.1) is 11.9 Å². The summed E-state index contributed by atoms with van der Waals surface area (Å²) in [5, 5.41) is 2.56. The highest BCUT2D eigenvalue weighted by Gasteiger charge is 2.29. The van der Waals surface area contributed by atoms with E-state index >= 15 is 0 Å². The van der Waals surface area contributed by atoms with E-state index in [0.717, 1.165) is 27.3 Å². The smallest absolute Gasteiger partial charge is 0.244 e. The summed E-state index contributed by atoms with van der Waals surface area (Å²) in [7, 11) is -2.22. The molecular weight excluding hydrogens is 426 g/mol. The van der Waals surface area contributed by atoms with E-state index in [-0.39, 0.29) is 12.5 Å². The minimum Gasteiger partial charge on any atom is -0.357 e. The fraction of sp³-hybridized carbons (Fsp3) is 0.417. The lowest BCUT2D eigenvalue weighted by Gasteiger charge is -2.31. The molecule has 1 N–H and O–H groups in total. The first-order valence-corrected chi connectivity index (χ1v) is 12.4. The van der Waals surface area contributed by atoms with Crippen LogP contribution in [0.15, 0.2) is 48.5 Å². The van der Waals surface area contributed by atoms with E-state index in [1.807, 2.05) is 43.3 Å². The number of hydrogen-bond donors (Lipinski definition) is 1. The van der Waals surface area contributed by atoms with Crippen LogP contribution in [0.5, 0.6) is 0 Å². The highest BCUT2D eigenvalue weighted by Crippen LogP contribution is 2.23. The summed E-state index contributed by atoms with van der Waals surface area (Å²) in [6.07, 6.45) is 1.07. The van der Waals surface area contributed by atoms with E-state index in [1.54, 1.807) is 19.1 Å². The number of benzene rings is 2. The van der Waals surface area contributed by atoms with Gasteiger partial charge in [-0.15, -0.1) is 0 Å². The van der Waals surface area contributed by atoms with Crippen LogP contribution in [0.25, 0.3) is 0 Å². The molecule has 2 rings (SSSR count). The van der Waals surface area contributed by atoms with Crippen LogP contribution in [0, 0.1) is 6.92 Å². The number of carbonyl (C=O) groups is 2. The lowest BCUT2D eigenvalue weighted by molar-refractivity contribution is -0.139. The van der Waals surface area contributed by atoms with Crippen molar-refractivity contribution in [2.24, 2.45) is 0 Å². The van der Waals surface area contributed by atoms with Crippen molar-refractivity contribution in [3.63, 3.8) is 0 Å². The first-order valence-electron chi connectivity index (χ1n) is 10.6. The number of nitrogens with zero attached hydrogens (tertiary/aromatic N) is 2. The molecule has 7 nitrogen and oxygen atoms in total. The number of anilines is 1. The van der Waals surface area contributed by atoms with Crippen molar-refractivity contribution in [3.8, 4) is 0 Å². The predicted molar refractivity (Wildman–Crippen MR) is 128 cm³/mol. The molecule has 2 aromatic carbocycles. The van der Waals surface area contributed by atoms with Gasteiger partial charge in [-0.25, -0.2) is 8.42 Å². The quantitative estimate of drug-likeness (QED) is 0.624. The molecule has 0 saturated carbocycles. The second kappa shape index (κ2) is 10.6. The summed E-state index contributed by atoms with van der Waals surface area (Å²) in [4.78, 5) is 27.1. The molecular formula is C24H33N3O4S.